The van der Waals surface area contributed by atoms with Gasteiger partial charge in [0.15, 0.2) is 0 Å². The van der Waals surface area contributed by atoms with E-state index in [0.29, 0.717) is 24.0 Å². The van der Waals surface area contributed by atoms with Crippen molar-refractivity contribution < 1.29 is 19.1 Å². The summed E-state index contributed by atoms with van der Waals surface area (Å²) in [6, 6.07) is 0. The largest absolute Gasteiger partial charge is 0.451 e. The van der Waals surface area contributed by atoms with Gasteiger partial charge < -0.3 is 9.47 Å². The minimum atomic E-state index is -0.701. The van der Waals surface area contributed by atoms with E-state index in [1.54, 1.807) is 0 Å². The van der Waals surface area contributed by atoms with Gasteiger partial charge in [-0.25, -0.2) is 9.59 Å². The molecule has 0 N–H and O–H groups in total. The predicted octanol–water partition coefficient (Wildman–Crippen LogP) is 6.81. The Kier molecular flexibility index (Phi) is 6.87. The first-order chi connectivity index (χ1) is 16.7. The number of hydrogen-bond donors (Lipinski definition) is 0. The van der Waals surface area contributed by atoms with Crippen LogP contribution in [0, 0.1) is 29.1 Å². The summed E-state index contributed by atoms with van der Waals surface area (Å²) < 4.78 is 12.6. The van der Waals surface area contributed by atoms with Crippen molar-refractivity contribution in [3.63, 3.8) is 0 Å². The molecular formula is C31H40O4. The van der Waals surface area contributed by atoms with Crippen LogP contribution >= 0.6 is 0 Å². The lowest BCUT2D eigenvalue weighted by Gasteiger charge is -2.38. The number of carbonyl (C=O) groups excluding carboxylic acids is 2. The molecule has 0 heterocycles. The average Bonchev–Trinajstić information content (AvgIpc) is 3.28. The second-order valence-corrected chi connectivity index (χ2v) is 10.9. The molecular weight excluding hydrogens is 436 g/mol. The second kappa shape index (κ2) is 9.44. The molecule has 0 radical (unpaired) electrons. The van der Waals surface area contributed by atoms with Crippen molar-refractivity contribution >= 4 is 11.9 Å². The summed E-state index contributed by atoms with van der Waals surface area (Å²) in [5.41, 5.74) is -0.721. The Morgan fingerprint density at radius 3 is 1.43 bits per heavy atom. The summed E-state index contributed by atoms with van der Waals surface area (Å²) in [5, 5.41) is 0. The van der Waals surface area contributed by atoms with E-state index in [1.165, 1.54) is 0 Å². The van der Waals surface area contributed by atoms with E-state index in [4.69, 9.17) is 9.47 Å². The fourth-order valence-electron chi connectivity index (χ4n) is 6.61. The van der Waals surface area contributed by atoms with Crippen molar-refractivity contribution in [2.45, 2.75) is 78.4 Å². The van der Waals surface area contributed by atoms with Crippen LogP contribution in [0.3, 0.4) is 0 Å². The molecule has 0 spiro atoms. The maximum atomic E-state index is 13.9. The van der Waals surface area contributed by atoms with Gasteiger partial charge in [-0.2, -0.15) is 0 Å². The highest BCUT2D eigenvalue weighted by Crippen LogP contribution is 2.57. The maximum Gasteiger partial charge on any atom is 0.336 e. The van der Waals surface area contributed by atoms with E-state index in [9.17, 15) is 9.59 Å². The first kappa shape index (κ1) is 25.5. The van der Waals surface area contributed by atoms with E-state index in [0.717, 1.165) is 12.8 Å². The highest BCUT2D eigenvalue weighted by Gasteiger charge is 2.56. The Labute approximate surface area is 210 Å². The third-order valence-corrected chi connectivity index (χ3v) is 8.92. The number of fused-ring (bicyclic) bond motifs is 2. The van der Waals surface area contributed by atoms with Gasteiger partial charge in [0.2, 0.25) is 0 Å². The van der Waals surface area contributed by atoms with Gasteiger partial charge in [-0.3, -0.25) is 0 Å². The lowest BCUT2D eigenvalue weighted by Crippen LogP contribution is -2.42. The Morgan fingerprint density at radius 1 is 0.686 bits per heavy atom. The number of hydrogen-bond acceptors (Lipinski definition) is 4. The fraction of sp³-hybridized carbons (Fsp3) is 0.548. The van der Waals surface area contributed by atoms with Crippen LogP contribution in [-0.4, -0.2) is 23.1 Å². The molecule has 188 valence electrons. The number of esters is 2. The van der Waals surface area contributed by atoms with Crippen LogP contribution in [0.1, 0.15) is 67.2 Å². The van der Waals surface area contributed by atoms with Gasteiger partial charge in [0.1, 0.15) is 11.2 Å². The van der Waals surface area contributed by atoms with Crippen LogP contribution in [0.2, 0.25) is 0 Å². The summed E-state index contributed by atoms with van der Waals surface area (Å²) >= 11 is 0. The zero-order valence-corrected chi connectivity index (χ0v) is 22.0. The summed E-state index contributed by atoms with van der Waals surface area (Å²) in [6.45, 7) is 12.6. The van der Waals surface area contributed by atoms with Gasteiger partial charge in [0.25, 0.3) is 0 Å². The molecule has 4 aliphatic rings. The summed E-state index contributed by atoms with van der Waals surface area (Å²) in [5.74, 6) is -0.903. The standard InChI is InChI=1S/C31H40O4/c1-7-21-15-11-13-19-30(21,9-3)34-27(32)25-23-17-18-24(29(23,5)6)26(25)28(33)35-31(10-4)20-14-12-16-22(31)8-2/h11-24H,7-10H2,1-6H3. The van der Waals surface area contributed by atoms with E-state index >= 15 is 0 Å². The van der Waals surface area contributed by atoms with E-state index < -0.39 is 23.1 Å². The molecule has 35 heavy (non-hydrogen) atoms. The molecule has 0 aromatic rings. The van der Waals surface area contributed by atoms with Crippen LogP contribution in [0.15, 0.2) is 71.9 Å². The highest BCUT2D eigenvalue weighted by molar-refractivity contribution is 6.04. The number of rotatable bonds is 8. The van der Waals surface area contributed by atoms with Crippen LogP contribution in [-0.2, 0) is 19.1 Å². The average molecular weight is 477 g/mol. The summed E-state index contributed by atoms with van der Waals surface area (Å²) in [7, 11) is 0. The Bertz CT molecular complexity index is 972. The van der Waals surface area contributed by atoms with Crippen molar-refractivity contribution in [2.24, 2.45) is 29.1 Å². The molecule has 4 aliphatic carbocycles. The predicted molar refractivity (Wildman–Crippen MR) is 139 cm³/mol. The minimum Gasteiger partial charge on any atom is -0.451 e. The molecule has 0 aliphatic heterocycles. The molecule has 6 unspecified atom stereocenters. The molecule has 6 atom stereocenters. The van der Waals surface area contributed by atoms with Crippen molar-refractivity contribution in [3.05, 3.63) is 71.9 Å². The molecule has 0 amide bonds. The zero-order valence-electron chi connectivity index (χ0n) is 22.0. The van der Waals surface area contributed by atoms with Crippen LogP contribution < -0.4 is 0 Å². The molecule has 0 fully saturated rings. The molecule has 4 heteroatoms. The maximum absolute atomic E-state index is 13.9. The number of allylic oxidation sites excluding steroid dienone is 6. The van der Waals surface area contributed by atoms with Crippen LogP contribution in [0.25, 0.3) is 0 Å². The van der Waals surface area contributed by atoms with E-state index in [2.05, 4.69) is 52.0 Å². The van der Waals surface area contributed by atoms with Crippen molar-refractivity contribution in [1.82, 2.24) is 0 Å². The molecule has 0 saturated carbocycles. The van der Waals surface area contributed by atoms with E-state index in [-0.39, 0.29) is 29.1 Å². The van der Waals surface area contributed by atoms with Gasteiger partial charge in [-0.15, -0.1) is 0 Å². The SMILES string of the molecule is CCC1C=CC=CC1(CC)OC(=O)C1=C(C(=O)OC2(CC)C=CC=CC2CC)C2C=CC1C2(C)C. The van der Waals surface area contributed by atoms with Crippen molar-refractivity contribution in [1.29, 1.82) is 0 Å². The smallest absolute Gasteiger partial charge is 0.336 e. The second-order valence-electron chi connectivity index (χ2n) is 10.9. The summed E-state index contributed by atoms with van der Waals surface area (Å²) in [4.78, 5) is 27.8. The quantitative estimate of drug-likeness (QED) is 0.285. The van der Waals surface area contributed by atoms with Gasteiger partial charge >= 0.3 is 11.9 Å². The topological polar surface area (TPSA) is 52.6 Å². The number of carbonyl (C=O) groups is 2. The number of ether oxygens (including phenoxy) is 2. The van der Waals surface area contributed by atoms with Gasteiger partial charge in [0.05, 0.1) is 11.1 Å². The molecule has 2 bridgehead atoms. The van der Waals surface area contributed by atoms with Gasteiger partial charge in [-0.1, -0.05) is 90.2 Å². The molecule has 0 aromatic heterocycles. The van der Waals surface area contributed by atoms with E-state index in [1.807, 2.05) is 50.3 Å². The van der Waals surface area contributed by atoms with Crippen LogP contribution in [0.4, 0.5) is 0 Å². The van der Waals surface area contributed by atoms with Gasteiger partial charge in [-0.05, 0) is 43.3 Å². The highest BCUT2D eigenvalue weighted by atomic mass is 16.6. The monoisotopic (exact) mass is 476 g/mol. The Balaban J connectivity index is 1.71. The molecule has 4 nitrogen and oxygen atoms in total. The molecule has 0 saturated heterocycles. The Morgan fingerprint density at radius 2 is 1.09 bits per heavy atom. The minimum absolute atomic E-state index is 0.104. The molecule has 0 aromatic carbocycles. The van der Waals surface area contributed by atoms with Crippen LogP contribution in [0.5, 0.6) is 0 Å². The normalized spacial score (nSPS) is 36.2. The third-order valence-electron chi connectivity index (χ3n) is 8.92. The molecule has 4 rings (SSSR count). The van der Waals surface area contributed by atoms with Crippen molar-refractivity contribution in [3.8, 4) is 0 Å². The summed E-state index contributed by atoms with van der Waals surface area (Å²) in [6.07, 6.45) is 23.4. The third kappa shape index (κ3) is 3.99. The van der Waals surface area contributed by atoms with Crippen molar-refractivity contribution in [2.75, 3.05) is 0 Å². The lowest BCUT2D eigenvalue weighted by molar-refractivity contribution is -0.158. The zero-order chi connectivity index (χ0) is 25.4. The Hall–Kier alpha value is -2.62. The fourth-order valence-corrected chi connectivity index (χ4v) is 6.61. The lowest BCUT2D eigenvalue weighted by atomic mass is 9.77. The first-order valence-electron chi connectivity index (χ1n) is 13.3. The first-order valence-corrected chi connectivity index (χ1v) is 13.3. The van der Waals surface area contributed by atoms with Gasteiger partial charge in [0, 0.05) is 23.7 Å².